The highest BCUT2D eigenvalue weighted by molar-refractivity contribution is 8.00. The van der Waals surface area contributed by atoms with Gasteiger partial charge in [-0.3, -0.25) is 4.79 Å². The zero-order chi connectivity index (χ0) is 28.3. The van der Waals surface area contributed by atoms with Crippen molar-refractivity contribution in [3.8, 4) is 0 Å². The van der Waals surface area contributed by atoms with Crippen molar-refractivity contribution in [1.29, 1.82) is 0 Å². The van der Waals surface area contributed by atoms with E-state index in [1.165, 1.54) is 0 Å². The Morgan fingerprint density at radius 3 is 2.51 bits per heavy atom. The molecule has 2 unspecified atom stereocenters. The summed E-state index contributed by atoms with van der Waals surface area (Å²) in [6.07, 6.45) is 2.22. The fraction of sp³-hybridized carbons (Fsp3) is 0.774. The monoisotopic (exact) mass is 576 g/mol. The lowest BCUT2D eigenvalue weighted by molar-refractivity contribution is -0.187. The molecule has 1 aromatic rings. The van der Waals surface area contributed by atoms with Gasteiger partial charge in [0.2, 0.25) is 0 Å². The minimum atomic E-state index is -2.08. The molecule has 218 valence electrons. The maximum atomic E-state index is 14.3. The van der Waals surface area contributed by atoms with Crippen LogP contribution >= 0.6 is 11.8 Å². The number of carbonyl (C=O) groups is 1. The number of ether oxygens (including phenoxy) is 3. The van der Waals surface area contributed by atoms with E-state index in [9.17, 15) is 9.90 Å². The van der Waals surface area contributed by atoms with Crippen LogP contribution in [0.5, 0.6) is 0 Å². The summed E-state index contributed by atoms with van der Waals surface area (Å²) in [4.78, 5) is 15.4. The first-order valence-electron chi connectivity index (χ1n) is 14.8. The van der Waals surface area contributed by atoms with E-state index in [0.29, 0.717) is 39.3 Å². The molecule has 4 saturated carbocycles. The zero-order valence-electron chi connectivity index (χ0n) is 24.8. The number of fused-ring (bicyclic) bond motifs is 1. The first-order valence-corrected chi connectivity index (χ1v) is 18.6. The molecule has 5 fully saturated rings. The molecule has 8 atom stereocenters. The predicted molar refractivity (Wildman–Crippen MR) is 156 cm³/mol. The standard InChI is InChI=1S/C31H48O6SSi/c1-8-34-25-17-29(20-36-25)19-30(27(33)35-9-2)23(18-37-39(6,7)28(3,4)5)22-15-16-24(30)31(29,26(22)32)38-21-13-11-10-12-14-21/h10-14,22-26,32H,8-9,15-20H2,1-7H3/t22-,23-,24+,25?,26?,29+,30+,31+/m0/s1. The van der Waals surface area contributed by atoms with Gasteiger partial charge in [-0.2, -0.15) is 0 Å². The van der Waals surface area contributed by atoms with Crippen LogP contribution in [0.25, 0.3) is 0 Å². The number of thioether (sulfide) groups is 1. The lowest BCUT2D eigenvalue weighted by atomic mass is 9.49. The maximum Gasteiger partial charge on any atom is 0.312 e. The Bertz CT molecular complexity index is 1050. The lowest BCUT2D eigenvalue weighted by Crippen LogP contribution is -2.68. The van der Waals surface area contributed by atoms with Gasteiger partial charge in [-0.1, -0.05) is 39.0 Å². The quantitative estimate of drug-likeness (QED) is 0.274. The Labute approximate surface area is 240 Å². The van der Waals surface area contributed by atoms with Crippen molar-refractivity contribution in [3.05, 3.63) is 30.3 Å². The highest BCUT2D eigenvalue weighted by atomic mass is 32.2. The molecule has 1 spiro atoms. The highest BCUT2D eigenvalue weighted by Crippen LogP contribution is 2.79. The van der Waals surface area contributed by atoms with Crippen molar-refractivity contribution in [2.24, 2.45) is 28.6 Å². The average molecular weight is 577 g/mol. The third kappa shape index (κ3) is 4.38. The van der Waals surface area contributed by atoms with Crippen molar-refractivity contribution >= 4 is 26.0 Å². The van der Waals surface area contributed by atoms with E-state index in [-0.39, 0.29) is 35.1 Å². The van der Waals surface area contributed by atoms with Gasteiger partial charge in [0, 0.05) is 35.9 Å². The van der Waals surface area contributed by atoms with Crippen LogP contribution in [0, 0.1) is 28.6 Å². The molecule has 1 heterocycles. The van der Waals surface area contributed by atoms with Crippen molar-refractivity contribution in [2.45, 2.75) is 100 Å². The van der Waals surface area contributed by atoms with E-state index < -0.39 is 30.0 Å². The van der Waals surface area contributed by atoms with Gasteiger partial charge in [0.25, 0.3) is 0 Å². The summed E-state index contributed by atoms with van der Waals surface area (Å²) in [5.41, 5.74) is -1.12. The van der Waals surface area contributed by atoms with Crippen LogP contribution in [-0.4, -0.2) is 63.0 Å². The molecule has 6 rings (SSSR count). The van der Waals surface area contributed by atoms with Crippen molar-refractivity contribution in [2.75, 3.05) is 26.4 Å². The first kappa shape index (κ1) is 29.6. The molecular formula is C31H48O6SSi. The van der Waals surface area contributed by atoms with Gasteiger partial charge < -0.3 is 23.7 Å². The highest BCUT2D eigenvalue weighted by Gasteiger charge is 2.83. The molecule has 1 N–H and O–H groups in total. The number of benzene rings is 1. The van der Waals surface area contributed by atoms with Crippen LogP contribution < -0.4 is 0 Å². The fourth-order valence-electron chi connectivity index (χ4n) is 8.31. The number of aliphatic hydroxyl groups is 1. The molecule has 1 aromatic carbocycles. The van der Waals surface area contributed by atoms with Crippen LogP contribution in [-0.2, 0) is 23.4 Å². The molecule has 6 nitrogen and oxygen atoms in total. The topological polar surface area (TPSA) is 74.2 Å². The van der Waals surface area contributed by atoms with E-state index in [1.807, 2.05) is 19.9 Å². The van der Waals surface area contributed by atoms with E-state index >= 15 is 0 Å². The summed E-state index contributed by atoms with van der Waals surface area (Å²) in [5, 5.41) is 12.6. The first-order chi connectivity index (χ1) is 18.4. The van der Waals surface area contributed by atoms with E-state index in [2.05, 4.69) is 58.1 Å². The smallest absolute Gasteiger partial charge is 0.312 e. The minimum absolute atomic E-state index is 0.0359. The summed E-state index contributed by atoms with van der Waals surface area (Å²) in [6.45, 7) is 17.1. The van der Waals surface area contributed by atoms with Crippen LogP contribution in [0.3, 0.4) is 0 Å². The molecule has 1 aliphatic heterocycles. The molecule has 5 aliphatic rings. The Balaban J connectivity index is 1.64. The van der Waals surface area contributed by atoms with Crippen molar-refractivity contribution < 1.29 is 28.5 Å². The SMILES string of the molecule is CCOC(=O)[C@@]12C[C@]3(COC(OCC)C3)[C@]3(Sc4ccccc4)C(O)[C@@H](CC[C@H]13)[C@@H]2CO[Si](C)(C)C(C)(C)C. The van der Waals surface area contributed by atoms with Crippen molar-refractivity contribution in [1.82, 2.24) is 0 Å². The second kappa shape index (κ2) is 10.4. The Morgan fingerprint density at radius 2 is 1.87 bits per heavy atom. The number of hydrogen-bond acceptors (Lipinski definition) is 7. The third-order valence-corrected chi connectivity index (χ3v) is 17.3. The molecule has 1 saturated heterocycles. The van der Waals surface area contributed by atoms with Gasteiger partial charge in [0.1, 0.15) is 0 Å². The third-order valence-electron chi connectivity index (χ3n) is 11.0. The molecule has 0 aromatic heterocycles. The summed E-state index contributed by atoms with van der Waals surface area (Å²) in [6, 6.07) is 10.4. The summed E-state index contributed by atoms with van der Waals surface area (Å²) >= 11 is 1.78. The normalized spacial score (nSPS) is 39.4. The molecule has 8 heteroatoms. The van der Waals surface area contributed by atoms with Crippen LogP contribution in [0.2, 0.25) is 18.1 Å². The number of hydrogen-bond donors (Lipinski definition) is 1. The summed E-state index contributed by atoms with van der Waals surface area (Å²) in [5.74, 6) is -0.267. The molecule has 4 bridgehead atoms. The number of esters is 1. The number of aliphatic hydroxyl groups excluding tert-OH is 1. The Kier molecular flexibility index (Phi) is 7.91. The average Bonchev–Trinajstić information content (AvgIpc) is 3.38. The Hall–Kier alpha value is -0.903. The van der Waals surface area contributed by atoms with E-state index in [0.717, 1.165) is 17.7 Å². The lowest BCUT2D eigenvalue weighted by Gasteiger charge is -2.62. The minimum Gasteiger partial charge on any atom is -0.466 e. The van der Waals surface area contributed by atoms with Gasteiger partial charge >= 0.3 is 5.97 Å². The fourth-order valence-corrected chi connectivity index (χ4v) is 11.2. The second-order valence-corrected chi connectivity index (χ2v) is 19.9. The number of carbonyl (C=O) groups excluding carboxylic acids is 1. The maximum absolute atomic E-state index is 14.3. The van der Waals surface area contributed by atoms with Gasteiger partial charge in [-0.25, -0.2) is 0 Å². The number of rotatable bonds is 9. The summed E-state index contributed by atoms with van der Waals surface area (Å²) < 4.78 is 24.5. The van der Waals surface area contributed by atoms with Crippen LogP contribution in [0.1, 0.15) is 60.3 Å². The Morgan fingerprint density at radius 1 is 1.15 bits per heavy atom. The van der Waals surface area contributed by atoms with Crippen molar-refractivity contribution in [3.63, 3.8) is 0 Å². The summed E-state index contributed by atoms with van der Waals surface area (Å²) in [7, 11) is -2.08. The van der Waals surface area contributed by atoms with Gasteiger partial charge in [0.05, 0.1) is 29.5 Å². The molecule has 0 radical (unpaired) electrons. The second-order valence-electron chi connectivity index (χ2n) is 13.7. The van der Waals surface area contributed by atoms with E-state index in [1.54, 1.807) is 11.8 Å². The van der Waals surface area contributed by atoms with Gasteiger partial charge in [-0.05, 0) is 75.2 Å². The zero-order valence-corrected chi connectivity index (χ0v) is 26.6. The largest absolute Gasteiger partial charge is 0.466 e. The molecule has 39 heavy (non-hydrogen) atoms. The van der Waals surface area contributed by atoms with Gasteiger partial charge in [0.15, 0.2) is 14.6 Å². The predicted octanol–water partition coefficient (Wildman–Crippen LogP) is 6.28. The van der Waals surface area contributed by atoms with E-state index in [4.69, 9.17) is 18.6 Å². The van der Waals surface area contributed by atoms with Gasteiger partial charge in [-0.15, -0.1) is 11.8 Å². The molecular weight excluding hydrogens is 528 g/mol. The van der Waals surface area contributed by atoms with Crippen LogP contribution in [0.15, 0.2) is 35.2 Å². The van der Waals surface area contributed by atoms with Crippen LogP contribution in [0.4, 0.5) is 0 Å². The molecule has 0 amide bonds. The molecule has 4 aliphatic carbocycles.